The van der Waals surface area contributed by atoms with Gasteiger partial charge < -0.3 is 29.5 Å². The lowest BCUT2D eigenvalue weighted by Crippen LogP contribution is -2.31. The van der Waals surface area contributed by atoms with Gasteiger partial charge in [-0.25, -0.2) is 0 Å². The van der Waals surface area contributed by atoms with Gasteiger partial charge in [0.2, 0.25) is 0 Å². The molecule has 290 valence electrons. The van der Waals surface area contributed by atoms with Crippen LogP contribution >= 0.6 is 0 Å². The lowest BCUT2D eigenvalue weighted by atomic mass is 9.96. The third kappa shape index (κ3) is 49.4. The summed E-state index contributed by atoms with van der Waals surface area (Å²) >= 11 is 0. The van der Waals surface area contributed by atoms with Crippen molar-refractivity contribution in [2.75, 3.05) is 46.8 Å². The zero-order valence-corrected chi connectivity index (χ0v) is 33.1. The summed E-state index contributed by atoms with van der Waals surface area (Å²) < 4.78 is 20.3. The molecule has 7 heteroatoms. The smallest absolute Gasteiger partial charge is 0.293 e. The molecule has 0 heterocycles. The van der Waals surface area contributed by atoms with Crippen molar-refractivity contribution >= 4 is 12.8 Å². The minimum absolute atomic E-state index is 0.0892. The summed E-state index contributed by atoms with van der Waals surface area (Å²) in [6.07, 6.45) is 31.7. The van der Waals surface area contributed by atoms with E-state index in [-0.39, 0.29) is 6.04 Å². The maximum atomic E-state index is 10.8. The van der Waals surface area contributed by atoms with E-state index in [9.17, 15) is 9.59 Å². The summed E-state index contributed by atoms with van der Waals surface area (Å²) in [5.41, 5.74) is 5.83. The number of hydrogen-bond acceptors (Lipinski definition) is 7. The average molecular weight is 688 g/mol. The first-order chi connectivity index (χ1) is 23.5. The van der Waals surface area contributed by atoms with Gasteiger partial charge in [0, 0.05) is 32.8 Å². The molecule has 0 saturated heterocycles. The predicted molar refractivity (Wildman–Crippen MR) is 206 cm³/mol. The van der Waals surface area contributed by atoms with Crippen molar-refractivity contribution < 1.29 is 28.5 Å². The van der Waals surface area contributed by atoms with Gasteiger partial charge in [0.05, 0.1) is 25.9 Å². The van der Waals surface area contributed by atoms with Crippen LogP contribution in [-0.4, -0.2) is 65.6 Å². The number of ether oxygens (including phenoxy) is 4. The average Bonchev–Trinajstić information content (AvgIpc) is 3.09. The first kappa shape index (κ1) is 51.4. The predicted octanol–water partition coefficient (Wildman–Crippen LogP) is 11.0. The highest BCUT2D eigenvalue weighted by Crippen LogP contribution is 2.18. The molecule has 1 unspecified atom stereocenters. The van der Waals surface area contributed by atoms with Crippen molar-refractivity contribution in [1.29, 1.82) is 0 Å². The number of nitrogens with two attached hydrogens (primary N) is 1. The molecule has 1 atom stereocenters. The fourth-order valence-corrected chi connectivity index (χ4v) is 5.34. The lowest BCUT2D eigenvalue weighted by molar-refractivity contribution is -0.128. The van der Waals surface area contributed by atoms with Crippen LogP contribution in [0.15, 0.2) is 0 Å². The highest BCUT2D eigenvalue weighted by molar-refractivity contribution is 5.53. The Hall–Kier alpha value is -1.02. The second-order valence-electron chi connectivity index (χ2n) is 13.7. The first-order valence-electron chi connectivity index (χ1n) is 20.4. The van der Waals surface area contributed by atoms with Gasteiger partial charge in [-0.15, -0.1) is 0 Å². The molecule has 2 N–H and O–H groups in total. The maximum absolute atomic E-state index is 10.8. The van der Waals surface area contributed by atoms with Gasteiger partial charge in [-0.1, -0.05) is 150 Å². The van der Waals surface area contributed by atoms with Gasteiger partial charge >= 0.3 is 0 Å². The summed E-state index contributed by atoms with van der Waals surface area (Å²) in [4.78, 5) is 20.7. The quantitative estimate of drug-likeness (QED) is 0.0517. The molecule has 0 bridgehead atoms. The second kappa shape index (κ2) is 48.1. The molecule has 7 nitrogen and oxygen atoms in total. The Kier molecular flexibility index (Phi) is 51.5. The Balaban J connectivity index is -0.000000642. The number of carbonyl (C=O) groups is 2. The van der Waals surface area contributed by atoms with Crippen LogP contribution in [-0.2, 0) is 28.5 Å². The van der Waals surface area contributed by atoms with E-state index >= 15 is 0 Å². The summed E-state index contributed by atoms with van der Waals surface area (Å²) in [5, 5.41) is 0. The van der Waals surface area contributed by atoms with Crippen LogP contribution in [0.5, 0.6) is 0 Å². The zero-order valence-electron chi connectivity index (χ0n) is 33.1. The summed E-state index contributed by atoms with van der Waals surface area (Å²) in [7, 11) is 1.69. The van der Waals surface area contributed by atoms with Crippen LogP contribution in [0.2, 0.25) is 0 Å². The minimum atomic E-state index is -0.0892. The Labute approximate surface area is 299 Å². The van der Waals surface area contributed by atoms with E-state index in [0.717, 1.165) is 51.0 Å². The molecule has 0 aliphatic heterocycles. The number of aldehydes is 1. The van der Waals surface area contributed by atoms with Crippen molar-refractivity contribution in [1.82, 2.24) is 0 Å². The third-order valence-electron chi connectivity index (χ3n) is 8.57. The van der Waals surface area contributed by atoms with Crippen molar-refractivity contribution in [3.63, 3.8) is 0 Å². The van der Waals surface area contributed by atoms with Crippen molar-refractivity contribution in [3.05, 3.63) is 0 Å². The van der Waals surface area contributed by atoms with E-state index in [2.05, 4.69) is 39.4 Å². The highest BCUT2D eigenvalue weighted by Gasteiger charge is 2.06. The monoisotopic (exact) mass is 688 g/mol. The molecular weight excluding hydrogens is 602 g/mol. The van der Waals surface area contributed by atoms with Gasteiger partial charge in [-0.3, -0.25) is 4.79 Å². The van der Waals surface area contributed by atoms with Crippen LogP contribution in [0.3, 0.4) is 0 Å². The number of methoxy groups -OCH3 is 1. The Bertz CT molecular complexity index is 555. The molecule has 0 aliphatic rings. The highest BCUT2D eigenvalue weighted by atomic mass is 16.5. The van der Waals surface area contributed by atoms with Gasteiger partial charge in [0.1, 0.15) is 6.29 Å². The van der Waals surface area contributed by atoms with Crippen LogP contribution in [0.4, 0.5) is 0 Å². The van der Waals surface area contributed by atoms with Gasteiger partial charge in [0.15, 0.2) is 0 Å². The van der Waals surface area contributed by atoms with Crippen molar-refractivity contribution in [2.24, 2.45) is 17.6 Å². The van der Waals surface area contributed by atoms with Crippen molar-refractivity contribution in [2.45, 2.75) is 195 Å². The fraction of sp³-hybridized carbons (Fsp3) is 0.951. The number of hydrogen-bond donors (Lipinski definition) is 1. The van der Waals surface area contributed by atoms with Crippen LogP contribution in [0, 0.1) is 11.8 Å². The van der Waals surface area contributed by atoms with Crippen LogP contribution in [0.1, 0.15) is 189 Å². The van der Waals surface area contributed by atoms with E-state index < -0.39 is 0 Å². The summed E-state index contributed by atoms with van der Waals surface area (Å²) in [6.45, 7) is 15.5. The Morgan fingerprint density at radius 2 is 0.917 bits per heavy atom. The minimum Gasteiger partial charge on any atom is -0.468 e. The molecule has 0 saturated carbocycles. The summed E-state index contributed by atoms with van der Waals surface area (Å²) in [6, 6.07) is -0.0892. The molecule has 0 amide bonds. The molecule has 0 radical (unpaired) electrons. The van der Waals surface area contributed by atoms with Crippen LogP contribution in [0.25, 0.3) is 0 Å². The molecule has 0 aromatic carbocycles. The Morgan fingerprint density at radius 1 is 0.521 bits per heavy atom. The van der Waals surface area contributed by atoms with Crippen LogP contribution < -0.4 is 5.73 Å². The van der Waals surface area contributed by atoms with E-state index in [1.807, 2.05) is 0 Å². The molecule has 0 aliphatic carbocycles. The lowest BCUT2D eigenvalue weighted by Gasteiger charge is -2.12. The van der Waals surface area contributed by atoms with E-state index in [4.69, 9.17) is 19.9 Å². The number of carbonyl (C=O) groups excluding carboxylic acids is 2. The topological polar surface area (TPSA) is 97.1 Å². The normalized spacial score (nSPS) is 11.5. The molecule has 0 aromatic rings. The first-order valence-corrected chi connectivity index (χ1v) is 20.4. The van der Waals surface area contributed by atoms with Gasteiger partial charge in [-0.05, 0) is 44.4 Å². The molecular formula is C41H85NO6. The SMILES string of the molecule is CCCCCCC(C)CCCCCC.CCCCCCC(C=O)CCCCCC.COCCCCOCC(N)COCCCCOC=O. The third-order valence-corrected chi connectivity index (χ3v) is 8.57. The number of rotatable bonds is 36. The molecule has 0 rings (SSSR count). The van der Waals surface area contributed by atoms with E-state index in [1.54, 1.807) is 7.11 Å². The zero-order chi connectivity index (χ0) is 36.2. The molecule has 0 aromatic heterocycles. The largest absolute Gasteiger partial charge is 0.468 e. The Morgan fingerprint density at radius 3 is 1.29 bits per heavy atom. The number of unbranched alkanes of at least 4 members (excludes halogenated alkanes) is 14. The van der Waals surface area contributed by atoms with Crippen molar-refractivity contribution in [3.8, 4) is 0 Å². The standard InChI is InChI=1S/C14H28O.C14H30.C13H27NO5/c1-3-5-7-9-11-14(13-15)12-10-8-6-4-2;1-4-6-8-10-12-14(3)13-11-9-7-5-2;1-16-6-2-3-7-17-10-13(14)11-18-8-4-5-9-19-12-15/h13-14H,3-12H2,1-2H3;14H,4-13H2,1-3H3;12-13H,2-11,14H2,1H3. The van der Waals surface area contributed by atoms with E-state index in [1.165, 1.54) is 122 Å². The molecule has 0 spiro atoms. The van der Waals surface area contributed by atoms with Gasteiger partial charge in [-0.2, -0.15) is 0 Å². The maximum Gasteiger partial charge on any atom is 0.293 e. The van der Waals surface area contributed by atoms with E-state index in [0.29, 0.717) is 45.4 Å². The second-order valence-corrected chi connectivity index (χ2v) is 13.7. The van der Waals surface area contributed by atoms with Gasteiger partial charge in [0.25, 0.3) is 6.47 Å². The molecule has 0 fully saturated rings. The summed E-state index contributed by atoms with van der Waals surface area (Å²) in [5.74, 6) is 1.32. The molecule has 48 heavy (non-hydrogen) atoms. The fourth-order valence-electron chi connectivity index (χ4n) is 5.34.